The number of nitrogens with two attached hydrogens (primary N) is 1. The van der Waals surface area contributed by atoms with Gasteiger partial charge in [0.05, 0.1) is 0 Å². The Morgan fingerprint density at radius 2 is 1.97 bits per heavy atom. The Morgan fingerprint density at radius 3 is 2.68 bits per heavy atom. The zero-order chi connectivity index (χ0) is 22.4. The van der Waals surface area contributed by atoms with Gasteiger partial charge in [0, 0.05) is 40.0 Å². The van der Waals surface area contributed by atoms with Crippen LogP contribution < -0.4 is 21.7 Å². The van der Waals surface area contributed by atoms with E-state index in [1.165, 1.54) is 24.0 Å². The highest BCUT2D eigenvalue weighted by Gasteiger charge is 2.38. The van der Waals surface area contributed by atoms with Crippen LogP contribution in [0, 0.1) is 6.92 Å². The van der Waals surface area contributed by atoms with E-state index < -0.39 is 12.2 Å². The number of hydrogen-bond acceptors (Lipinski definition) is 5. The lowest BCUT2D eigenvalue weighted by atomic mass is 10.1. The second-order valence-corrected chi connectivity index (χ2v) is 8.29. The summed E-state index contributed by atoms with van der Waals surface area (Å²) in [4.78, 5) is 0.613. The van der Waals surface area contributed by atoms with Crippen LogP contribution in [-0.4, -0.2) is 24.5 Å². The largest absolute Gasteiger partial charge is 0.412 e. The number of anilines is 3. The van der Waals surface area contributed by atoms with E-state index in [-0.39, 0.29) is 0 Å². The van der Waals surface area contributed by atoms with Crippen LogP contribution in [0.15, 0.2) is 72.3 Å². The molecule has 0 spiro atoms. The normalized spacial score (nSPS) is 15.7. The molecule has 0 bridgehead atoms. The van der Waals surface area contributed by atoms with Crippen molar-refractivity contribution in [3.63, 3.8) is 0 Å². The molecular formula is C23H25F3N4S. The number of dihydropyridines is 1. The summed E-state index contributed by atoms with van der Waals surface area (Å²) < 4.78 is 38.5. The zero-order valence-corrected chi connectivity index (χ0v) is 17.9. The van der Waals surface area contributed by atoms with Crippen LogP contribution in [0.4, 0.5) is 30.2 Å². The van der Waals surface area contributed by atoms with Crippen LogP contribution in [0.3, 0.4) is 0 Å². The molecule has 8 heteroatoms. The maximum absolute atomic E-state index is 12.8. The van der Waals surface area contributed by atoms with Crippen LogP contribution in [0.25, 0.3) is 5.70 Å². The van der Waals surface area contributed by atoms with Crippen molar-refractivity contribution in [2.24, 2.45) is 5.73 Å². The van der Waals surface area contributed by atoms with Gasteiger partial charge in [-0.3, -0.25) is 0 Å². The monoisotopic (exact) mass is 446 g/mol. The van der Waals surface area contributed by atoms with E-state index in [1.807, 2.05) is 49.4 Å². The number of thioether (sulfide) groups is 1. The Morgan fingerprint density at radius 1 is 1.19 bits per heavy atom. The van der Waals surface area contributed by atoms with Crippen LogP contribution in [0.5, 0.6) is 0 Å². The molecule has 1 unspecified atom stereocenters. The molecule has 0 saturated heterocycles. The van der Waals surface area contributed by atoms with Gasteiger partial charge in [-0.05, 0) is 66.7 Å². The summed E-state index contributed by atoms with van der Waals surface area (Å²) in [6.45, 7) is 6.40. The minimum Gasteiger partial charge on any atom is -0.399 e. The molecule has 5 N–H and O–H groups in total. The van der Waals surface area contributed by atoms with Crippen molar-refractivity contribution in [3.8, 4) is 0 Å². The second-order valence-electron chi connectivity index (χ2n) is 7.12. The number of benzene rings is 2. The molecule has 2 aromatic carbocycles. The first-order valence-corrected chi connectivity index (χ1v) is 10.7. The Bertz CT molecular complexity index is 999. The summed E-state index contributed by atoms with van der Waals surface area (Å²) in [6.07, 6.45) is -0.0663. The van der Waals surface area contributed by atoms with Crippen LogP contribution in [0.2, 0.25) is 0 Å². The standard InChI is InChI=1S/C23H25F3N4S/c1-15-12-19(30-18-5-3-4-17(13-18)16(2)27)6-7-21(15)28-10-11-31-20-8-9-29-22(14-20)23(24,25)26/h3-9,12-14,22,28-30H,2,10-11,27H2,1H3. The maximum atomic E-state index is 12.8. The molecule has 3 rings (SSSR count). The summed E-state index contributed by atoms with van der Waals surface area (Å²) >= 11 is 1.39. The first kappa shape index (κ1) is 22.7. The molecule has 1 aliphatic rings. The van der Waals surface area contributed by atoms with Crippen molar-refractivity contribution in [2.45, 2.75) is 19.1 Å². The first-order chi connectivity index (χ1) is 14.7. The van der Waals surface area contributed by atoms with E-state index in [2.05, 4.69) is 22.5 Å². The maximum Gasteiger partial charge on any atom is 0.412 e. The van der Waals surface area contributed by atoms with Gasteiger partial charge < -0.3 is 21.7 Å². The quantitative estimate of drug-likeness (QED) is 0.389. The number of hydrogen-bond donors (Lipinski definition) is 4. The SMILES string of the molecule is C=C(N)c1cccc(Nc2ccc(NCCSC3=CC(C(F)(F)F)NC=C3)c(C)c2)c1. The Labute approximate surface area is 184 Å². The van der Waals surface area contributed by atoms with Gasteiger partial charge in [-0.2, -0.15) is 13.2 Å². The number of alkyl halides is 3. The van der Waals surface area contributed by atoms with Crippen molar-refractivity contribution in [1.29, 1.82) is 0 Å². The molecule has 164 valence electrons. The van der Waals surface area contributed by atoms with E-state index in [1.54, 1.807) is 6.08 Å². The molecule has 4 nitrogen and oxygen atoms in total. The van der Waals surface area contributed by atoms with Gasteiger partial charge in [0.1, 0.15) is 6.04 Å². The summed E-state index contributed by atoms with van der Waals surface area (Å²) in [5.41, 5.74) is 11.1. The van der Waals surface area contributed by atoms with Gasteiger partial charge in [-0.15, -0.1) is 11.8 Å². The average molecular weight is 447 g/mol. The van der Waals surface area contributed by atoms with Gasteiger partial charge >= 0.3 is 6.18 Å². The fraction of sp³-hybridized carbons (Fsp3) is 0.217. The molecule has 0 amide bonds. The average Bonchev–Trinajstić information content (AvgIpc) is 2.72. The van der Waals surface area contributed by atoms with Crippen molar-refractivity contribution < 1.29 is 13.2 Å². The van der Waals surface area contributed by atoms with Gasteiger partial charge in [0.15, 0.2) is 0 Å². The van der Waals surface area contributed by atoms with Gasteiger partial charge in [-0.25, -0.2) is 0 Å². The van der Waals surface area contributed by atoms with Crippen molar-refractivity contribution in [3.05, 3.63) is 83.4 Å². The molecule has 31 heavy (non-hydrogen) atoms. The molecule has 0 radical (unpaired) electrons. The van der Waals surface area contributed by atoms with Crippen molar-refractivity contribution in [1.82, 2.24) is 5.32 Å². The molecule has 0 aliphatic carbocycles. The number of aryl methyl sites for hydroxylation is 1. The third-order valence-corrected chi connectivity index (χ3v) is 5.66. The summed E-state index contributed by atoms with van der Waals surface area (Å²) in [5.74, 6) is 0.649. The fourth-order valence-corrected chi connectivity index (χ4v) is 3.88. The molecule has 0 aromatic heterocycles. The Balaban J connectivity index is 1.52. The van der Waals surface area contributed by atoms with E-state index in [0.29, 0.717) is 22.9 Å². The topological polar surface area (TPSA) is 62.1 Å². The predicted octanol–water partition coefficient (Wildman–Crippen LogP) is 5.74. The third-order valence-electron chi connectivity index (χ3n) is 4.64. The minimum atomic E-state index is -4.29. The summed E-state index contributed by atoms with van der Waals surface area (Å²) in [6, 6.07) is 12.1. The molecule has 1 atom stereocenters. The lowest BCUT2D eigenvalue weighted by Gasteiger charge is -2.21. The predicted molar refractivity (Wildman–Crippen MR) is 125 cm³/mol. The lowest BCUT2D eigenvalue weighted by Crippen LogP contribution is -2.39. The molecule has 1 aliphatic heterocycles. The highest BCUT2D eigenvalue weighted by molar-refractivity contribution is 8.03. The summed E-state index contributed by atoms with van der Waals surface area (Å²) in [7, 11) is 0. The van der Waals surface area contributed by atoms with E-state index in [4.69, 9.17) is 5.73 Å². The molecule has 0 saturated carbocycles. The Kier molecular flexibility index (Phi) is 7.22. The number of allylic oxidation sites excluding steroid dienone is 1. The number of halogens is 3. The van der Waals surface area contributed by atoms with Crippen molar-refractivity contribution >= 4 is 34.5 Å². The third kappa shape index (κ3) is 6.49. The molecular weight excluding hydrogens is 421 g/mol. The fourth-order valence-electron chi connectivity index (χ4n) is 3.04. The highest BCUT2D eigenvalue weighted by Crippen LogP contribution is 2.28. The van der Waals surface area contributed by atoms with Gasteiger partial charge in [0.25, 0.3) is 0 Å². The van der Waals surface area contributed by atoms with E-state index in [0.717, 1.165) is 28.2 Å². The minimum absolute atomic E-state index is 0.516. The zero-order valence-electron chi connectivity index (χ0n) is 17.1. The van der Waals surface area contributed by atoms with Crippen LogP contribution in [0.1, 0.15) is 11.1 Å². The van der Waals surface area contributed by atoms with Gasteiger partial charge in [0.2, 0.25) is 0 Å². The lowest BCUT2D eigenvalue weighted by molar-refractivity contribution is -0.142. The summed E-state index contributed by atoms with van der Waals surface area (Å²) in [5, 5.41) is 9.01. The molecule has 0 fully saturated rings. The van der Waals surface area contributed by atoms with E-state index in [9.17, 15) is 13.2 Å². The Hall–Kier alpha value is -3.00. The molecule has 2 aromatic rings. The van der Waals surface area contributed by atoms with E-state index >= 15 is 0 Å². The highest BCUT2D eigenvalue weighted by atomic mass is 32.2. The first-order valence-electron chi connectivity index (χ1n) is 9.72. The van der Waals surface area contributed by atoms with Crippen LogP contribution >= 0.6 is 11.8 Å². The number of rotatable bonds is 8. The van der Waals surface area contributed by atoms with Crippen LogP contribution in [-0.2, 0) is 0 Å². The number of nitrogens with one attached hydrogen (secondary N) is 3. The van der Waals surface area contributed by atoms with Gasteiger partial charge in [-0.1, -0.05) is 18.7 Å². The molecule has 1 heterocycles. The van der Waals surface area contributed by atoms with Crippen molar-refractivity contribution in [2.75, 3.05) is 22.9 Å². The second kappa shape index (κ2) is 9.87. The smallest absolute Gasteiger partial charge is 0.399 e.